The quantitative estimate of drug-likeness (QED) is 0.650. The molecule has 1 aliphatic rings. The van der Waals surface area contributed by atoms with E-state index in [0.717, 1.165) is 33.0 Å². The van der Waals surface area contributed by atoms with Crippen LogP contribution >= 0.6 is 0 Å². The number of aliphatic hydroxyl groups is 2. The Hall–Kier alpha value is -2.16. The molecule has 0 heterocycles. The van der Waals surface area contributed by atoms with E-state index < -0.39 is 12.2 Å². The van der Waals surface area contributed by atoms with Crippen molar-refractivity contribution in [3.63, 3.8) is 0 Å². The van der Waals surface area contributed by atoms with Gasteiger partial charge < -0.3 is 10.2 Å². The van der Waals surface area contributed by atoms with Crippen LogP contribution in [0.1, 0.15) is 23.3 Å². The number of hydrogen-bond donors (Lipinski definition) is 2. The minimum absolute atomic E-state index is 0.794. The van der Waals surface area contributed by atoms with Crippen LogP contribution in [0.3, 0.4) is 0 Å². The normalized spacial score (nSPS) is 20.5. The van der Waals surface area contributed by atoms with Gasteiger partial charge in [-0.3, -0.25) is 0 Å². The Morgan fingerprint density at radius 2 is 1.40 bits per heavy atom. The Balaban J connectivity index is 2.14. The lowest BCUT2D eigenvalue weighted by Gasteiger charge is -2.30. The average Bonchev–Trinajstić information content (AvgIpc) is 2.51. The maximum absolute atomic E-state index is 10.5. The van der Waals surface area contributed by atoms with Gasteiger partial charge in [-0.15, -0.1) is 0 Å². The molecule has 2 nitrogen and oxygen atoms in total. The second-order valence-electron chi connectivity index (χ2n) is 5.22. The maximum atomic E-state index is 10.5. The van der Waals surface area contributed by atoms with Crippen molar-refractivity contribution < 1.29 is 10.2 Å². The summed E-state index contributed by atoms with van der Waals surface area (Å²) in [6, 6.07) is 19.8. The third-order valence-corrected chi connectivity index (χ3v) is 4.14. The number of hydrogen-bond acceptors (Lipinski definition) is 2. The fourth-order valence-corrected chi connectivity index (χ4v) is 3.18. The van der Waals surface area contributed by atoms with E-state index >= 15 is 0 Å². The van der Waals surface area contributed by atoms with Crippen LogP contribution in [0.2, 0.25) is 0 Å². The molecular weight excluding hydrogens is 248 g/mol. The van der Waals surface area contributed by atoms with Crippen molar-refractivity contribution in [3.05, 3.63) is 71.8 Å². The van der Waals surface area contributed by atoms with E-state index in [-0.39, 0.29) is 0 Å². The molecule has 2 atom stereocenters. The van der Waals surface area contributed by atoms with Crippen molar-refractivity contribution in [3.8, 4) is 11.1 Å². The highest BCUT2D eigenvalue weighted by atomic mass is 16.3. The summed E-state index contributed by atoms with van der Waals surface area (Å²) in [4.78, 5) is 0. The summed E-state index contributed by atoms with van der Waals surface area (Å²) in [5.74, 6) is 0. The highest BCUT2D eigenvalue weighted by molar-refractivity contribution is 5.93. The van der Waals surface area contributed by atoms with Gasteiger partial charge in [-0.2, -0.15) is 0 Å². The van der Waals surface area contributed by atoms with E-state index in [2.05, 4.69) is 6.07 Å². The van der Waals surface area contributed by atoms with E-state index in [9.17, 15) is 10.2 Å². The summed E-state index contributed by atoms with van der Waals surface area (Å²) in [6.45, 7) is 0. The van der Waals surface area contributed by atoms with Gasteiger partial charge in [0.25, 0.3) is 0 Å². The summed E-state index contributed by atoms with van der Waals surface area (Å²) in [6.07, 6.45) is -1.75. The monoisotopic (exact) mass is 262 g/mol. The Morgan fingerprint density at radius 3 is 2.30 bits per heavy atom. The van der Waals surface area contributed by atoms with Crippen LogP contribution in [0, 0.1) is 0 Å². The van der Waals surface area contributed by atoms with Crippen LogP contribution in [0.25, 0.3) is 21.9 Å². The summed E-state index contributed by atoms with van der Waals surface area (Å²) >= 11 is 0. The number of fused-ring (bicyclic) bond motifs is 5. The first-order valence-electron chi connectivity index (χ1n) is 6.74. The molecule has 4 rings (SSSR count). The zero-order chi connectivity index (χ0) is 13.7. The van der Waals surface area contributed by atoms with E-state index in [1.807, 2.05) is 54.6 Å². The number of rotatable bonds is 0. The smallest absolute Gasteiger partial charge is 0.110 e. The fraction of sp³-hybridized carbons (Fsp3) is 0.111. The Bertz CT molecular complexity index is 807. The molecule has 1 aliphatic carbocycles. The van der Waals surface area contributed by atoms with Gasteiger partial charge in [0.05, 0.1) is 0 Å². The van der Waals surface area contributed by atoms with Crippen LogP contribution in [0.4, 0.5) is 0 Å². The predicted molar refractivity (Wildman–Crippen MR) is 79.3 cm³/mol. The molecule has 0 amide bonds. The fourth-order valence-electron chi connectivity index (χ4n) is 3.18. The van der Waals surface area contributed by atoms with Gasteiger partial charge in [0.1, 0.15) is 12.2 Å². The van der Waals surface area contributed by atoms with Crippen molar-refractivity contribution in [1.82, 2.24) is 0 Å². The van der Waals surface area contributed by atoms with E-state index in [1.54, 1.807) is 0 Å². The number of benzene rings is 3. The molecular formula is C18H14O2. The van der Waals surface area contributed by atoms with Crippen molar-refractivity contribution in [1.29, 1.82) is 0 Å². The molecule has 3 aromatic carbocycles. The van der Waals surface area contributed by atoms with Gasteiger partial charge in [0.15, 0.2) is 0 Å². The van der Waals surface area contributed by atoms with Crippen molar-refractivity contribution in [2.75, 3.05) is 0 Å². The van der Waals surface area contributed by atoms with E-state index in [1.165, 1.54) is 0 Å². The Labute approximate surface area is 116 Å². The molecule has 0 aromatic heterocycles. The molecule has 0 saturated heterocycles. The molecule has 0 aliphatic heterocycles. The van der Waals surface area contributed by atoms with Crippen LogP contribution in [-0.4, -0.2) is 10.2 Å². The standard InChI is InChI=1S/C18H14O2/c19-17-15-8-4-3-7-13(15)14-10-9-11-5-1-2-6-12(11)16(14)18(17)20/h1-10,17-20H/t17-,18-/m1/s1. The molecule has 3 aromatic rings. The van der Waals surface area contributed by atoms with Crippen molar-refractivity contribution >= 4 is 10.8 Å². The zero-order valence-electron chi connectivity index (χ0n) is 10.8. The Morgan fingerprint density at radius 1 is 0.650 bits per heavy atom. The summed E-state index contributed by atoms with van der Waals surface area (Å²) < 4.78 is 0. The van der Waals surface area contributed by atoms with Crippen molar-refractivity contribution in [2.24, 2.45) is 0 Å². The van der Waals surface area contributed by atoms with Crippen LogP contribution < -0.4 is 0 Å². The second-order valence-corrected chi connectivity index (χ2v) is 5.22. The number of aliphatic hydroxyl groups excluding tert-OH is 2. The first kappa shape index (κ1) is 11.6. The molecule has 2 N–H and O–H groups in total. The molecule has 98 valence electrons. The third kappa shape index (κ3) is 1.46. The van der Waals surface area contributed by atoms with Crippen LogP contribution in [0.15, 0.2) is 60.7 Å². The largest absolute Gasteiger partial charge is 0.385 e. The SMILES string of the molecule is O[C@@H]1c2ccccc2-c2ccc3ccccc3c2[C@H]1O. The van der Waals surface area contributed by atoms with Gasteiger partial charge in [-0.1, -0.05) is 60.7 Å². The first-order valence-corrected chi connectivity index (χ1v) is 6.74. The molecule has 20 heavy (non-hydrogen) atoms. The molecule has 0 spiro atoms. The molecule has 0 bridgehead atoms. The van der Waals surface area contributed by atoms with Gasteiger partial charge in [0.2, 0.25) is 0 Å². The average molecular weight is 262 g/mol. The van der Waals surface area contributed by atoms with E-state index in [4.69, 9.17) is 0 Å². The molecule has 2 heteroatoms. The minimum Gasteiger partial charge on any atom is -0.385 e. The van der Waals surface area contributed by atoms with Crippen LogP contribution in [0.5, 0.6) is 0 Å². The Kier molecular flexibility index (Phi) is 2.43. The van der Waals surface area contributed by atoms with E-state index in [0.29, 0.717) is 0 Å². The third-order valence-electron chi connectivity index (χ3n) is 4.14. The lowest BCUT2D eigenvalue weighted by atomic mass is 9.80. The van der Waals surface area contributed by atoms with Gasteiger partial charge in [0, 0.05) is 0 Å². The lowest BCUT2D eigenvalue weighted by molar-refractivity contribution is 0.0167. The molecule has 0 fully saturated rings. The lowest BCUT2D eigenvalue weighted by Crippen LogP contribution is -2.17. The van der Waals surface area contributed by atoms with Gasteiger partial charge in [-0.25, -0.2) is 0 Å². The van der Waals surface area contributed by atoms with Gasteiger partial charge in [-0.05, 0) is 33.0 Å². The topological polar surface area (TPSA) is 40.5 Å². The first-order chi connectivity index (χ1) is 9.77. The molecule has 0 unspecified atom stereocenters. The maximum Gasteiger partial charge on any atom is 0.110 e. The highest BCUT2D eigenvalue weighted by Crippen LogP contribution is 2.46. The summed E-state index contributed by atoms with van der Waals surface area (Å²) in [7, 11) is 0. The van der Waals surface area contributed by atoms with Gasteiger partial charge >= 0.3 is 0 Å². The second kappa shape index (κ2) is 4.17. The summed E-state index contributed by atoms with van der Waals surface area (Å²) in [5, 5.41) is 23.0. The van der Waals surface area contributed by atoms with Crippen LogP contribution in [-0.2, 0) is 0 Å². The highest BCUT2D eigenvalue weighted by Gasteiger charge is 2.31. The minimum atomic E-state index is -0.883. The summed E-state index contributed by atoms with van der Waals surface area (Å²) in [5.41, 5.74) is 3.64. The zero-order valence-corrected chi connectivity index (χ0v) is 10.8. The predicted octanol–water partition coefficient (Wildman–Crippen LogP) is 3.59. The molecule has 0 radical (unpaired) electrons. The van der Waals surface area contributed by atoms with Crippen molar-refractivity contribution in [2.45, 2.75) is 12.2 Å². The molecule has 0 saturated carbocycles.